The maximum atomic E-state index is 12.2. The van der Waals surface area contributed by atoms with Gasteiger partial charge in [-0.25, -0.2) is 4.68 Å². The summed E-state index contributed by atoms with van der Waals surface area (Å²) in [6.07, 6.45) is -4.49. The minimum Gasteiger partial charge on any atom is -0.315 e. The van der Waals surface area contributed by atoms with Crippen LogP contribution in [0.25, 0.3) is 0 Å². The van der Waals surface area contributed by atoms with Gasteiger partial charge in [0.2, 0.25) is 0 Å². The summed E-state index contributed by atoms with van der Waals surface area (Å²) < 4.78 is 37.5. The van der Waals surface area contributed by atoms with Gasteiger partial charge in [0.1, 0.15) is 6.04 Å². The van der Waals surface area contributed by atoms with E-state index >= 15 is 0 Å². The molecular formula is C5H6BrF3N4. The molecule has 0 saturated carbocycles. The van der Waals surface area contributed by atoms with Crippen LogP contribution in [0.2, 0.25) is 0 Å². The summed E-state index contributed by atoms with van der Waals surface area (Å²) in [5.74, 6) is 0. The molecule has 0 aliphatic carbocycles. The molecule has 0 radical (unpaired) electrons. The van der Waals surface area contributed by atoms with E-state index in [0.29, 0.717) is 0 Å². The maximum Gasteiger partial charge on any atom is 0.409 e. The molecule has 13 heavy (non-hydrogen) atoms. The zero-order chi connectivity index (χ0) is 10.2. The van der Waals surface area contributed by atoms with Gasteiger partial charge in [-0.3, -0.25) is 0 Å². The van der Waals surface area contributed by atoms with Gasteiger partial charge < -0.3 is 5.73 Å². The second kappa shape index (κ2) is 3.26. The Balaban J connectivity index is 3.08. The second-order valence-corrected chi connectivity index (χ2v) is 3.16. The van der Waals surface area contributed by atoms with Crippen molar-refractivity contribution in [3.05, 3.63) is 10.3 Å². The van der Waals surface area contributed by atoms with Gasteiger partial charge in [0.25, 0.3) is 0 Å². The van der Waals surface area contributed by atoms with Gasteiger partial charge in [0.15, 0.2) is 4.60 Å². The Morgan fingerprint density at radius 2 is 2.08 bits per heavy atom. The Bertz CT molecular complexity index is 288. The molecule has 0 spiro atoms. The zero-order valence-corrected chi connectivity index (χ0v) is 8.09. The Hall–Kier alpha value is -0.630. The lowest BCUT2D eigenvalue weighted by molar-refractivity contribution is -0.150. The molecule has 1 rings (SSSR count). The number of nitrogens with two attached hydrogens (primary N) is 1. The number of aryl methyl sites for hydroxylation is 1. The van der Waals surface area contributed by atoms with E-state index in [0.717, 1.165) is 4.68 Å². The third-order valence-corrected chi connectivity index (χ3v) is 2.04. The summed E-state index contributed by atoms with van der Waals surface area (Å²) in [7, 11) is 1.35. The first-order valence-corrected chi connectivity index (χ1v) is 4.00. The molecule has 1 heterocycles. The van der Waals surface area contributed by atoms with E-state index in [2.05, 4.69) is 26.2 Å². The second-order valence-electron chi connectivity index (χ2n) is 2.41. The first kappa shape index (κ1) is 10.5. The topological polar surface area (TPSA) is 56.7 Å². The molecule has 0 aliphatic rings. The van der Waals surface area contributed by atoms with Crippen LogP contribution in [-0.4, -0.2) is 21.2 Å². The number of nitrogens with zero attached hydrogens (tertiary/aromatic N) is 3. The van der Waals surface area contributed by atoms with Gasteiger partial charge in [0, 0.05) is 7.05 Å². The van der Waals surface area contributed by atoms with Crippen molar-refractivity contribution in [2.75, 3.05) is 0 Å². The summed E-state index contributed by atoms with van der Waals surface area (Å²) in [5.41, 5.74) is 4.77. The highest BCUT2D eigenvalue weighted by Crippen LogP contribution is 2.32. The van der Waals surface area contributed by atoms with E-state index in [9.17, 15) is 13.2 Å². The highest BCUT2D eigenvalue weighted by atomic mass is 79.9. The van der Waals surface area contributed by atoms with Crippen molar-refractivity contribution in [1.29, 1.82) is 0 Å². The molecule has 0 saturated heterocycles. The molecule has 2 N–H and O–H groups in total. The minimum absolute atomic E-state index is 0.0137. The summed E-state index contributed by atoms with van der Waals surface area (Å²) in [4.78, 5) is 0. The molecular weight excluding hydrogens is 253 g/mol. The van der Waals surface area contributed by atoms with Gasteiger partial charge >= 0.3 is 6.18 Å². The first-order chi connectivity index (χ1) is 5.84. The monoisotopic (exact) mass is 258 g/mol. The number of rotatable bonds is 1. The summed E-state index contributed by atoms with van der Waals surface area (Å²) >= 11 is 2.84. The molecule has 0 fully saturated rings. The Morgan fingerprint density at radius 1 is 1.54 bits per heavy atom. The number of hydrogen-bond acceptors (Lipinski definition) is 3. The van der Waals surface area contributed by atoms with Crippen molar-refractivity contribution in [3.8, 4) is 0 Å². The zero-order valence-electron chi connectivity index (χ0n) is 6.51. The van der Waals surface area contributed by atoms with E-state index in [1.54, 1.807) is 0 Å². The normalized spacial score (nSPS) is 14.6. The largest absolute Gasteiger partial charge is 0.409 e. The number of aromatic nitrogens is 3. The van der Waals surface area contributed by atoms with Crippen molar-refractivity contribution in [2.45, 2.75) is 12.2 Å². The molecule has 1 aromatic heterocycles. The van der Waals surface area contributed by atoms with E-state index in [1.807, 2.05) is 0 Å². The highest BCUT2D eigenvalue weighted by molar-refractivity contribution is 9.10. The smallest absolute Gasteiger partial charge is 0.315 e. The number of alkyl halides is 3. The minimum atomic E-state index is -4.49. The molecule has 1 atom stereocenters. The predicted octanol–water partition coefficient (Wildman–Crippen LogP) is 1.14. The molecule has 1 aromatic rings. The van der Waals surface area contributed by atoms with Crippen molar-refractivity contribution >= 4 is 15.9 Å². The van der Waals surface area contributed by atoms with Crippen LogP contribution in [0, 0.1) is 0 Å². The molecule has 4 nitrogen and oxygen atoms in total. The van der Waals surface area contributed by atoms with Gasteiger partial charge in [-0.1, -0.05) is 5.21 Å². The Morgan fingerprint density at radius 3 is 2.38 bits per heavy atom. The molecule has 0 aliphatic heterocycles. The average molecular weight is 259 g/mol. The predicted molar refractivity (Wildman–Crippen MR) is 41.7 cm³/mol. The van der Waals surface area contributed by atoms with Gasteiger partial charge in [-0.15, -0.1) is 5.10 Å². The third kappa shape index (κ3) is 1.99. The fourth-order valence-electron chi connectivity index (χ4n) is 0.824. The summed E-state index contributed by atoms with van der Waals surface area (Å²) in [6, 6.07) is -2.07. The van der Waals surface area contributed by atoms with Crippen LogP contribution >= 0.6 is 15.9 Å². The van der Waals surface area contributed by atoms with Crippen LogP contribution in [0.4, 0.5) is 13.2 Å². The Kier molecular flexibility index (Phi) is 2.62. The molecule has 74 valence electrons. The lowest BCUT2D eigenvalue weighted by Crippen LogP contribution is -2.30. The fraction of sp³-hybridized carbons (Fsp3) is 0.600. The van der Waals surface area contributed by atoms with Crippen molar-refractivity contribution < 1.29 is 13.2 Å². The summed E-state index contributed by atoms with van der Waals surface area (Å²) in [6.45, 7) is 0. The van der Waals surface area contributed by atoms with E-state index in [-0.39, 0.29) is 10.3 Å². The number of halogens is 4. The number of hydrogen-bond donors (Lipinski definition) is 1. The van der Waals surface area contributed by atoms with E-state index in [1.165, 1.54) is 7.05 Å². The van der Waals surface area contributed by atoms with Gasteiger partial charge in [-0.05, 0) is 15.9 Å². The maximum absolute atomic E-state index is 12.2. The van der Waals surface area contributed by atoms with Crippen LogP contribution in [0.5, 0.6) is 0 Å². The van der Waals surface area contributed by atoms with E-state index in [4.69, 9.17) is 5.73 Å². The van der Waals surface area contributed by atoms with Crippen molar-refractivity contribution in [1.82, 2.24) is 15.0 Å². The quantitative estimate of drug-likeness (QED) is 0.822. The molecule has 0 bridgehead atoms. The SMILES string of the molecule is Cn1nnc(Br)c1C(N)C(F)(F)F. The molecule has 0 aromatic carbocycles. The van der Waals surface area contributed by atoms with Crippen LogP contribution < -0.4 is 5.73 Å². The molecule has 0 amide bonds. The highest BCUT2D eigenvalue weighted by Gasteiger charge is 2.41. The van der Waals surface area contributed by atoms with Crippen LogP contribution in [0.15, 0.2) is 4.60 Å². The Labute approximate surface area is 80.0 Å². The molecule has 1 unspecified atom stereocenters. The van der Waals surface area contributed by atoms with Crippen LogP contribution in [0.1, 0.15) is 11.7 Å². The third-order valence-electron chi connectivity index (χ3n) is 1.47. The van der Waals surface area contributed by atoms with Crippen LogP contribution in [-0.2, 0) is 7.05 Å². The van der Waals surface area contributed by atoms with Gasteiger partial charge in [0.05, 0.1) is 5.69 Å². The fourth-order valence-corrected chi connectivity index (χ4v) is 1.40. The lowest BCUT2D eigenvalue weighted by Gasteiger charge is -2.15. The standard InChI is InChI=1S/C5H6BrF3N4/c1-13-2(4(6)11-12-13)3(10)5(7,8)9/h3H,10H2,1H3. The van der Waals surface area contributed by atoms with Gasteiger partial charge in [-0.2, -0.15) is 13.2 Å². The van der Waals surface area contributed by atoms with Crippen LogP contribution in [0.3, 0.4) is 0 Å². The average Bonchev–Trinajstić information content (AvgIpc) is 2.28. The summed E-state index contributed by atoms with van der Waals surface area (Å²) in [5, 5.41) is 6.79. The van der Waals surface area contributed by atoms with Crippen molar-refractivity contribution in [3.63, 3.8) is 0 Å². The first-order valence-electron chi connectivity index (χ1n) is 3.21. The van der Waals surface area contributed by atoms with E-state index < -0.39 is 12.2 Å². The lowest BCUT2D eigenvalue weighted by atomic mass is 10.2. The van der Waals surface area contributed by atoms with Crippen molar-refractivity contribution in [2.24, 2.45) is 12.8 Å². The molecule has 8 heteroatoms.